The van der Waals surface area contributed by atoms with E-state index >= 15 is 0 Å². The Hall–Kier alpha value is -3.22. The number of aromatic nitrogens is 4. The number of rotatable bonds is 7. The van der Waals surface area contributed by atoms with Crippen molar-refractivity contribution in [2.45, 2.75) is 26.2 Å². The fourth-order valence-electron chi connectivity index (χ4n) is 2.45. The van der Waals surface area contributed by atoms with Gasteiger partial charge in [0.2, 0.25) is 0 Å². The monoisotopic (exact) mass is 351 g/mol. The van der Waals surface area contributed by atoms with E-state index in [1.54, 1.807) is 16.8 Å². The molecule has 26 heavy (non-hydrogen) atoms. The number of hydrogen-bond acceptors (Lipinski definition) is 5. The molecule has 0 aliphatic heterocycles. The third kappa shape index (κ3) is 4.44. The number of nitrogens with one attached hydrogen (secondary N) is 1. The molecule has 0 aliphatic rings. The fourth-order valence-corrected chi connectivity index (χ4v) is 2.45. The molecule has 2 aromatic carbocycles. The van der Waals surface area contributed by atoms with Gasteiger partial charge in [0.25, 0.3) is 5.91 Å². The van der Waals surface area contributed by atoms with E-state index in [2.05, 4.69) is 34.7 Å². The van der Waals surface area contributed by atoms with Crippen LogP contribution in [0, 0.1) is 0 Å². The van der Waals surface area contributed by atoms with Crippen LogP contribution in [0.3, 0.4) is 0 Å². The second kappa shape index (κ2) is 8.24. The molecule has 1 amide bonds. The maximum absolute atomic E-state index is 12.0. The fraction of sp³-hybridized carbons (Fsp3) is 0.263. The lowest BCUT2D eigenvalue weighted by molar-refractivity contribution is -0.118. The van der Waals surface area contributed by atoms with Crippen molar-refractivity contribution in [1.29, 1.82) is 0 Å². The highest BCUT2D eigenvalue weighted by Crippen LogP contribution is 2.20. The first kappa shape index (κ1) is 17.6. The van der Waals surface area contributed by atoms with Gasteiger partial charge in [-0.3, -0.25) is 4.79 Å². The molecule has 1 atom stereocenters. The highest BCUT2D eigenvalue weighted by molar-refractivity contribution is 5.91. The number of hydrogen-bond donors (Lipinski definition) is 1. The molecule has 0 bridgehead atoms. The minimum Gasteiger partial charge on any atom is -0.484 e. The standard InChI is InChI=1S/C19H21N5O2/c1-3-14(2)15-4-6-16(7-5-15)21-19(25)12-26-18-10-8-17(9-11-18)24-13-20-22-23-24/h4-11,13-14H,3,12H2,1-2H3,(H,21,25). The lowest BCUT2D eigenvalue weighted by atomic mass is 9.99. The van der Waals surface area contributed by atoms with Gasteiger partial charge in [0.05, 0.1) is 5.69 Å². The quantitative estimate of drug-likeness (QED) is 0.707. The summed E-state index contributed by atoms with van der Waals surface area (Å²) in [5.74, 6) is 0.911. The summed E-state index contributed by atoms with van der Waals surface area (Å²) >= 11 is 0. The Kier molecular flexibility index (Phi) is 5.58. The minimum absolute atomic E-state index is 0.0582. The number of anilines is 1. The summed E-state index contributed by atoms with van der Waals surface area (Å²) in [4.78, 5) is 12.0. The zero-order valence-corrected chi connectivity index (χ0v) is 14.8. The van der Waals surface area contributed by atoms with Crippen LogP contribution in [0.25, 0.3) is 5.69 Å². The lowest BCUT2D eigenvalue weighted by Crippen LogP contribution is -2.20. The summed E-state index contributed by atoms with van der Waals surface area (Å²) in [7, 11) is 0. The molecule has 0 aliphatic carbocycles. The molecule has 0 radical (unpaired) electrons. The van der Waals surface area contributed by atoms with Gasteiger partial charge < -0.3 is 10.1 Å². The first-order valence-electron chi connectivity index (χ1n) is 8.51. The molecule has 1 unspecified atom stereocenters. The summed E-state index contributed by atoms with van der Waals surface area (Å²) < 4.78 is 7.06. The van der Waals surface area contributed by atoms with Crippen LogP contribution in [-0.2, 0) is 4.79 Å². The van der Waals surface area contributed by atoms with Crippen LogP contribution in [0.2, 0.25) is 0 Å². The van der Waals surface area contributed by atoms with Crippen molar-refractivity contribution in [2.75, 3.05) is 11.9 Å². The summed E-state index contributed by atoms with van der Waals surface area (Å²) in [6, 6.07) is 15.1. The molecule has 1 heterocycles. The smallest absolute Gasteiger partial charge is 0.262 e. The van der Waals surface area contributed by atoms with Crippen LogP contribution in [-0.4, -0.2) is 32.7 Å². The van der Waals surface area contributed by atoms with Crippen LogP contribution >= 0.6 is 0 Å². The highest BCUT2D eigenvalue weighted by atomic mass is 16.5. The number of amides is 1. The molecule has 0 saturated carbocycles. The van der Waals surface area contributed by atoms with Crippen molar-refractivity contribution in [3.05, 3.63) is 60.4 Å². The summed E-state index contributed by atoms with van der Waals surface area (Å²) in [5.41, 5.74) is 2.84. The van der Waals surface area contributed by atoms with Gasteiger partial charge in [0.1, 0.15) is 12.1 Å². The van der Waals surface area contributed by atoms with Crippen molar-refractivity contribution in [2.24, 2.45) is 0 Å². The second-order valence-corrected chi connectivity index (χ2v) is 6.02. The third-order valence-corrected chi connectivity index (χ3v) is 4.20. The van der Waals surface area contributed by atoms with Crippen molar-refractivity contribution in [3.8, 4) is 11.4 Å². The Morgan fingerprint density at radius 1 is 1.15 bits per heavy atom. The van der Waals surface area contributed by atoms with Crippen LogP contribution < -0.4 is 10.1 Å². The number of ether oxygens (including phenoxy) is 1. The largest absolute Gasteiger partial charge is 0.484 e. The van der Waals surface area contributed by atoms with Crippen molar-refractivity contribution < 1.29 is 9.53 Å². The maximum Gasteiger partial charge on any atom is 0.262 e. The lowest BCUT2D eigenvalue weighted by Gasteiger charge is -2.11. The Labute approximate surface area is 152 Å². The number of benzene rings is 2. The van der Waals surface area contributed by atoms with Gasteiger partial charge in [-0.1, -0.05) is 26.0 Å². The first-order chi connectivity index (χ1) is 12.7. The average Bonchev–Trinajstić information content (AvgIpc) is 3.21. The molecule has 1 aromatic heterocycles. The number of carbonyl (C=O) groups excluding carboxylic acids is 1. The predicted molar refractivity (Wildman–Crippen MR) is 98.4 cm³/mol. The minimum atomic E-state index is -0.203. The van der Waals surface area contributed by atoms with E-state index in [-0.39, 0.29) is 12.5 Å². The molecule has 1 N–H and O–H groups in total. The Bertz CT molecular complexity index is 829. The molecule has 0 saturated heterocycles. The molecule has 0 fully saturated rings. The molecule has 3 aromatic rings. The molecule has 3 rings (SSSR count). The SMILES string of the molecule is CCC(C)c1ccc(NC(=O)COc2ccc(-n3cnnn3)cc2)cc1. The molecule has 134 valence electrons. The van der Waals surface area contributed by atoms with E-state index in [1.807, 2.05) is 36.4 Å². The van der Waals surface area contributed by atoms with Gasteiger partial charge in [-0.25, -0.2) is 4.68 Å². The Morgan fingerprint density at radius 2 is 1.88 bits per heavy atom. The van der Waals surface area contributed by atoms with E-state index in [4.69, 9.17) is 4.74 Å². The zero-order valence-electron chi connectivity index (χ0n) is 14.8. The molecule has 7 nitrogen and oxygen atoms in total. The van der Waals surface area contributed by atoms with E-state index in [0.717, 1.165) is 17.8 Å². The second-order valence-electron chi connectivity index (χ2n) is 6.02. The van der Waals surface area contributed by atoms with E-state index in [9.17, 15) is 4.79 Å². The molecule has 0 spiro atoms. The van der Waals surface area contributed by atoms with Gasteiger partial charge >= 0.3 is 0 Å². The first-order valence-corrected chi connectivity index (χ1v) is 8.51. The number of nitrogens with zero attached hydrogens (tertiary/aromatic N) is 4. The van der Waals surface area contributed by atoms with E-state index < -0.39 is 0 Å². The number of tetrazole rings is 1. The normalized spacial score (nSPS) is 11.8. The summed E-state index contributed by atoms with van der Waals surface area (Å²) in [6.07, 6.45) is 2.60. The van der Waals surface area contributed by atoms with Crippen LogP contribution in [0.1, 0.15) is 31.7 Å². The van der Waals surface area contributed by atoms with Crippen molar-refractivity contribution in [3.63, 3.8) is 0 Å². The zero-order chi connectivity index (χ0) is 18.4. The van der Waals surface area contributed by atoms with Crippen LogP contribution in [0.5, 0.6) is 5.75 Å². The van der Waals surface area contributed by atoms with E-state index in [1.165, 1.54) is 11.9 Å². The predicted octanol–water partition coefficient (Wildman–Crippen LogP) is 3.19. The summed E-state index contributed by atoms with van der Waals surface area (Å²) in [6.45, 7) is 4.29. The maximum atomic E-state index is 12.0. The van der Waals surface area contributed by atoms with Crippen LogP contribution in [0.4, 0.5) is 5.69 Å². The molecular formula is C19H21N5O2. The van der Waals surface area contributed by atoms with Gasteiger partial charge in [0, 0.05) is 5.69 Å². The van der Waals surface area contributed by atoms with Crippen LogP contribution in [0.15, 0.2) is 54.9 Å². The van der Waals surface area contributed by atoms with Gasteiger partial charge in [0.15, 0.2) is 6.61 Å². The van der Waals surface area contributed by atoms with Gasteiger partial charge in [-0.05, 0) is 64.7 Å². The van der Waals surface area contributed by atoms with E-state index in [0.29, 0.717) is 11.7 Å². The van der Waals surface area contributed by atoms with Gasteiger partial charge in [-0.2, -0.15) is 0 Å². The average molecular weight is 351 g/mol. The number of carbonyl (C=O) groups is 1. The van der Waals surface area contributed by atoms with Crippen molar-refractivity contribution >= 4 is 11.6 Å². The Balaban J connectivity index is 1.51. The van der Waals surface area contributed by atoms with Gasteiger partial charge in [-0.15, -0.1) is 5.10 Å². The molecule has 7 heteroatoms. The topological polar surface area (TPSA) is 81.9 Å². The summed E-state index contributed by atoms with van der Waals surface area (Å²) in [5, 5.41) is 13.8. The Morgan fingerprint density at radius 3 is 2.50 bits per heavy atom. The molecular weight excluding hydrogens is 330 g/mol. The highest BCUT2D eigenvalue weighted by Gasteiger charge is 2.06. The third-order valence-electron chi connectivity index (χ3n) is 4.20. The van der Waals surface area contributed by atoms with Crippen molar-refractivity contribution in [1.82, 2.24) is 20.2 Å².